The number of nitrogens with zero attached hydrogens (tertiary/aromatic N) is 1. The van der Waals surface area contributed by atoms with Gasteiger partial charge in [-0.15, -0.1) is 0 Å². The molecule has 1 N–H and O–H groups in total. The standard InChI is InChI=1S/C15H20N2/c1-3-6-12(2)16-11-14-10-9-13-7-4-5-8-15(13)17-14/h4-5,7-10,12,16H,3,6,11H2,1-2H3. The van der Waals surface area contributed by atoms with Gasteiger partial charge in [-0.3, -0.25) is 4.98 Å². The quantitative estimate of drug-likeness (QED) is 0.847. The molecule has 2 nitrogen and oxygen atoms in total. The first-order valence-corrected chi connectivity index (χ1v) is 6.37. The number of aromatic nitrogens is 1. The zero-order chi connectivity index (χ0) is 12.1. The van der Waals surface area contributed by atoms with Crippen molar-refractivity contribution in [3.05, 3.63) is 42.1 Å². The molecular formula is C15H20N2. The molecule has 0 aliphatic rings. The highest BCUT2D eigenvalue weighted by atomic mass is 14.9. The summed E-state index contributed by atoms with van der Waals surface area (Å²) in [7, 11) is 0. The lowest BCUT2D eigenvalue weighted by atomic mass is 10.2. The molecule has 0 saturated carbocycles. The average molecular weight is 228 g/mol. The summed E-state index contributed by atoms with van der Waals surface area (Å²) in [5, 5.41) is 4.71. The van der Waals surface area contributed by atoms with Crippen LogP contribution in [0.15, 0.2) is 36.4 Å². The second-order valence-corrected chi connectivity index (χ2v) is 4.57. The van der Waals surface area contributed by atoms with Gasteiger partial charge in [0.25, 0.3) is 0 Å². The number of hydrogen-bond acceptors (Lipinski definition) is 2. The lowest BCUT2D eigenvalue weighted by molar-refractivity contribution is 0.505. The van der Waals surface area contributed by atoms with Crippen molar-refractivity contribution in [3.63, 3.8) is 0 Å². The summed E-state index contributed by atoms with van der Waals surface area (Å²) >= 11 is 0. The normalized spacial score (nSPS) is 12.8. The molecule has 1 atom stereocenters. The zero-order valence-corrected chi connectivity index (χ0v) is 10.6. The molecule has 1 unspecified atom stereocenters. The smallest absolute Gasteiger partial charge is 0.0705 e. The first-order valence-electron chi connectivity index (χ1n) is 6.37. The topological polar surface area (TPSA) is 24.9 Å². The molecule has 2 rings (SSSR count). The van der Waals surface area contributed by atoms with E-state index < -0.39 is 0 Å². The summed E-state index contributed by atoms with van der Waals surface area (Å²) in [6.07, 6.45) is 2.44. The van der Waals surface area contributed by atoms with Gasteiger partial charge in [-0.2, -0.15) is 0 Å². The molecule has 0 amide bonds. The van der Waals surface area contributed by atoms with Crippen molar-refractivity contribution >= 4 is 10.9 Å². The number of hydrogen-bond donors (Lipinski definition) is 1. The van der Waals surface area contributed by atoms with Gasteiger partial charge in [0.2, 0.25) is 0 Å². The minimum atomic E-state index is 0.563. The number of para-hydroxylation sites is 1. The Kier molecular flexibility index (Phi) is 4.10. The van der Waals surface area contributed by atoms with Crippen molar-refractivity contribution in [2.24, 2.45) is 0 Å². The van der Waals surface area contributed by atoms with E-state index in [0.29, 0.717) is 6.04 Å². The van der Waals surface area contributed by atoms with Crippen molar-refractivity contribution in [1.82, 2.24) is 10.3 Å². The average Bonchev–Trinajstić information content (AvgIpc) is 2.36. The Morgan fingerprint density at radius 2 is 2.00 bits per heavy atom. The second kappa shape index (κ2) is 5.78. The van der Waals surface area contributed by atoms with Crippen LogP contribution >= 0.6 is 0 Å². The number of fused-ring (bicyclic) bond motifs is 1. The Morgan fingerprint density at radius 1 is 1.18 bits per heavy atom. The molecule has 2 aromatic rings. The summed E-state index contributed by atoms with van der Waals surface area (Å²) in [5.74, 6) is 0. The van der Waals surface area contributed by atoms with Gasteiger partial charge in [0.05, 0.1) is 11.2 Å². The monoisotopic (exact) mass is 228 g/mol. The van der Waals surface area contributed by atoms with Crippen LogP contribution in [-0.4, -0.2) is 11.0 Å². The van der Waals surface area contributed by atoms with E-state index in [0.717, 1.165) is 17.8 Å². The molecule has 0 aliphatic heterocycles. The molecule has 0 fully saturated rings. The van der Waals surface area contributed by atoms with E-state index in [2.05, 4.69) is 48.4 Å². The van der Waals surface area contributed by atoms with E-state index in [1.807, 2.05) is 12.1 Å². The van der Waals surface area contributed by atoms with Gasteiger partial charge in [-0.25, -0.2) is 0 Å². The van der Waals surface area contributed by atoms with Crippen LogP contribution in [0.4, 0.5) is 0 Å². The molecule has 1 heterocycles. The lowest BCUT2D eigenvalue weighted by Crippen LogP contribution is -2.25. The minimum absolute atomic E-state index is 0.563. The Bertz CT molecular complexity index is 479. The molecule has 0 radical (unpaired) electrons. The predicted octanol–water partition coefficient (Wildman–Crippen LogP) is 3.51. The number of pyridine rings is 1. The van der Waals surface area contributed by atoms with Crippen LogP contribution in [0.1, 0.15) is 32.4 Å². The van der Waals surface area contributed by atoms with Gasteiger partial charge in [0, 0.05) is 18.0 Å². The summed E-state index contributed by atoms with van der Waals surface area (Å²) in [6.45, 7) is 5.29. The number of nitrogens with one attached hydrogen (secondary N) is 1. The van der Waals surface area contributed by atoms with E-state index in [1.165, 1.54) is 18.2 Å². The van der Waals surface area contributed by atoms with Crippen molar-refractivity contribution in [2.45, 2.75) is 39.3 Å². The maximum absolute atomic E-state index is 4.64. The predicted molar refractivity (Wildman–Crippen MR) is 73.0 cm³/mol. The molecular weight excluding hydrogens is 208 g/mol. The van der Waals surface area contributed by atoms with Crippen molar-refractivity contribution in [3.8, 4) is 0 Å². The Hall–Kier alpha value is -1.41. The first-order chi connectivity index (χ1) is 8.29. The Labute approximate surface area is 103 Å². The van der Waals surface area contributed by atoms with Gasteiger partial charge in [0.15, 0.2) is 0 Å². The molecule has 0 saturated heterocycles. The van der Waals surface area contributed by atoms with Crippen LogP contribution in [-0.2, 0) is 6.54 Å². The van der Waals surface area contributed by atoms with Crippen molar-refractivity contribution in [1.29, 1.82) is 0 Å². The molecule has 17 heavy (non-hydrogen) atoms. The van der Waals surface area contributed by atoms with Crippen LogP contribution in [0.2, 0.25) is 0 Å². The molecule has 0 spiro atoms. The lowest BCUT2D eigenvalue weighted by Gasteiger charge is -2.12. The van der Waals surface area contributed by atoms with Crippen LogP contribution in [0.25, 0.3) is 10.9 Å². The Morgan fingerprint density at radius 3 is 2.82 bits per heavy atom. The van der Waals surface area contributed by atoms with Crippen molar-refractivity contribution < 1.29 is 0 Å². The van der Waals surface area contributed by atoms with E-state index in [4.69, 9.17) is 0 Å². The van der Waals surface area contributed by atoms with Crippen LogP contribution in [0.3, 0.4) is 0 Å². The largest absolute Gasteiger partial charge is 0.309 e. The molecule has 0 aliphatic carbocycles. The minimum Gasteiger partial charge on any atom is -0.309 e. The fraction of sp³-hybridized carbons (Fsp3) is 0.400. The summed E-state index contributed by atoms with van der Waals surface area (Å²) in [6, 6.07) is 13.1. The fourth-order valence-electron chi connectivity index (χ4n) is 2.02. The number of rotatable bonds is 5. The third-order valence-corrected chi connectivity index (χ3v) is 3.01. The molecule has 1 aromatic carbocycles. The van der Waals surface area contributed by atoms with Crippen LogP contribution < -0.4 is 5.32 Å². The molecule has 1 aromatic heterocycles. The van der Waals surface area contributed by atoms with Crippen LogP contribution in [0.5, 0.6) is 0 Å². The van der Waals surface area contributed by atoms with Gasteiger partial charge >= 0.3 is 0 Å². The molecule has 90 valence electrons. The molecule has 0 bridgehead atoms. The zero-order valence-electron chi connectivity index (χ0n) is 10.6. The van der Waals surface area contributed by atoms with E-state index in [-0.39, 0.29) is 0 Å². The van der Waals surface area contributed by atoms with E-state index in [9.17, 15) is 0 Å². The highest BCUT2D eigenvalue weighted by Crippen LogP contribution is 2.11. The summed E-state index contributed by atoms with van der Waals surface area (Å²) in [4.78, 5) is 4.64. The molecule has 2 heteroatoms. The third-order valence-electron chi connectivity index (χ3n) is 3.01. The van der Waals surface area contributed by atoms with E-state index >= 15 is 0 Å². The maximum atomic E-state index is 4.64. The summed E-state index contributed by atoms with van der Waals surface area (Å²) in [5.41, 5.74) is 2.20. The maximum Gasteiger partial charge on any atom is 0.0705 e. The van der Waals surface area contributed by atoms with Gasteiger partial charge < -0.3 is 5.32 Å². The third kappa shape index (κ3) is 3.27. The first kappa shape index (κ1) is 12.1. The van der Waals surface area contributed by atoms with E-state index in [1.54, 1.807) is 0 Å². The van der Waals surface area contributed by atoms with Gasteiger partial charge in [-0.1, -0.05) is 37.6 Å². The van der Waals surface area contributed by atoms with Crippen molar-refractivity contribution in [2.75, 3.05) is 0 Å². The van der Waals surface area contributed by atoms with Gasteiger partial charge in [-0.05, 0) is 25.5 Å². The van der Waals surface area contributed by atoms with Crippen LogP contribution in [0, 0.1) is 0 Å². The highest BCUT2D eigenvalue weighted by Gasteiger charge is 2.01. The highest BCUT2D eigenvalue weighted by molar-refractivity contribution is 5.78. The Balaban J connectivity index is 2.04. The summed E-state index contributed by atoms with van der Waals surface area (Å²) < 4.78 is 0. The SMILES string of the molecule is CCCC(C)NCc1ccc2ccccc2n1. The second-order valence-electron chi connectivity index (χ2n) is 4.57. The van der Waals surface area contributed by atoms with Gasteiger partial charge in [0.1, 0.15) is 0 Å². The fourth-order valence-corrected chi connectivity index (χ4v) is 2.02. The number of benzene rings is 1.